The van der Waals surface area contributed by atoms with Crippen molar-refractivity contribution in [2.75, 3.05) is 6.26 Å². The number of halogens is 2. The molecule has 0 N–H and O–H groups in total. The minimum absolute atomic E-state index is 0.151. The van der Waals surface area contributed by atoms with Crippen molar-refractivity contribution >= 4 is 9.84 Å². The van der Waals surface area contributed by atoms with Crippen molar-refractivity contribution in [2.45, 2.75) is 11.3 Å². The van der Waals surface area contributed by atoms with Gasteiger partial charge in [0, 0.05) is 11.8 Å². The molecule has 0 spiro atoms. The normalized spacial score (nSPS) is 11.1. The molecule has 0 bridgehead atoms. The van der Waals surface area contributed by atoms with Crippen LogP contribution in [0.5, 0.6) is 0 Å². The molecule has 1 aromatic carbocycles. The quantitative estimate of drug-likeness (QED) is 0.773. The Morgan fingerprint density at radius 2 is 1.93 bits per heavy atom. The molecule has 0 fully saturated rings. The van der Waals surface area contributed by atoms with Crippen LogP contribution in [0.3, 0.4) is 0 Å². The van der Waals surface area contributed by atoms with E-state index < -0.39 is 26.4 Å². The highest BCUT2D eigenvalue weighted by Crippen LogP contribution is 2.20. The Hall–Kier alpha value is -1.48. The van der Waals surface area contributed by atoms with Gasteiger partial charge in [-0.1, -0.05) is 6.07 Å². The van der Waals surface area contributed by atoms with Crippen LogP contribution < -0.4 is 0 Å². The van der Waals surface area contributed by atoms with E-state index in [1.807, 2.05) is 0 Å². The Bertz CT molecular complexity index is 532. The first-order chi connectivity index (χ1) is 6.88. The first-order valence-corrected chi connectivity index (χ1v) is 5.81. The molecule has 80 valence electrons. The van der Waals surface area contributed by atoms with E-state index in [4.69, 9.17) is 5.26 Å². The third-order valence-corrected chi connectivity index (χ3v) is 2.91. The predicted octanol–water partition coefficient (Wildman–Crippen LogP) is 1.43. The van der Waals surface area contributed by atoms with Crippen LogP contribution in [-0.4, -0.2) is 14.7 Å². The zero-order chi connectivity index (χ0) is 11.6. The monoisotopic (exact) mass is 231 g/mol. The van der Waals surface area contributed by atoms with Crippen molar-refractivity contribution in [3.8, 4) is 6.07 Å². The predicted molar refractivity (Wildman–Crippen MR) is 48.8 cm³/mol. The molecular weight excluding hydrogens is 224 g/mol. The molecule has 0 aromatic heterocycles. The van der Waals surface area contributed by atoms with Crippen LogP contribution in [0.1, 0.15) is 5.56 Å². The summed E-state index contributed by atoms with van der Waals surface area (Å²) in [6.45, 7) is 0. The molecule has 0 atom stereocenters. The largest absolute Gasteiger partial charge is 0.224 e. The van der Waals surface area contributed by atoms with Gasteiger partial charge in [-0.2, -0.15) is 5.26 Å². The Kier molecular flexibility index (Phi) is 3.05. The lowest BCUT2D eigenvalue weighted by Gasteiger charge is -2.04. The molecule has 0 aliphatic carbocycles. The molecule has 0 aliphatic rings. The summed E-state index contributed by atoms with van der Waals surface area (Å²) in [5.74, 6) is -2.70. The maximum Gasteiger partial charge on any atom is 0.178 e. The summed E-state index contributed by atoms with van der Waals surface area (Å²) in [6.07, 6.45) is 0.488. The second kappa shape index (κ2) is 3.95. The molecule has 0 saturated carbocycles. The molecule has 0 saturated heterocycles. The minimum atomic E-state index is -3.79. The highest BCUT2D eigenvalue weighted by atomic mass is 32.2. The van der Waals surface area contributed by atoms with Gasteiger partial charge in [0.15, 0.2) is 21.5 Å². The lowest BCUT2D eigenvalue weighted by molar-refractivity contribution is 0.479. The van der Waals surface area contributed by atoms with Gasteiger partial charge in [-0.25, -0.2) is 17.2 Å². The average molecular weight is 231 g/mol. The molecule has 0 unspecified atom stereocenters. The average Bonchev–Trinajstić information content (AvgIpc) is 2.11. The van der Waals surface area contributed by atoms with E-state index in [2.05, 4.69) is 0 Å². The van der Waals surface area contributed by atoms with Gasteiger partial charge in [0.1, 0.15) is 4.90 Å². The van der Waals surface area contributed by atoms with Gasteiger partial charge in [-0.3, -0.25) is 0 Å². The molecule has 0 heterocycles. The second-order valence-corrected chi connectivity index (χ2v) is 4.94. The summed E-state index contributed by atoms with van der Waals surface area (Å²) < 4.78 is 48.4. The lowest BCUT2D eigenvalue weighted by atomic mass is 10.1. The molecule has 1 aromatic rings. The van der Waals surface area contributed by atoms with Crippen LogP contribution in [0.25, 0.3) is 0 Å². The van der Waals surface area contributed by atoms with Gasteiger partial charge in [0.05, 0.1) is 12.5 Å². The first kappa shape index (κ1) is 11.6. The van der Waals surface area contributed by atoms with Crippen LogP contribution in [0.4, 0.5) is 8.78 Å². The molecule has 15 heavy (non-hydrogen) atoms. The topological polar surface area (TPSA) is 57.9 Å². The van der Waals surface area contributed by atoms with E-state index in [9.17, 15) is 17.2 Å². The van der Waals surface area contributed by atoms with Gasteiger partial charge < -0.3 is 0 Å². The van der Waals surface area contributed by atoms with Gasteiger partial charge in [-0.15, -0.1) is 0 Å². The SMILES string of the molecule is CS(=O)(=O)c1ccc(CC#N)c(F)c1F. The van der Waals surface area contributed by atoms with Crippen molar-refractivity contribution < 1.29 is 17.2 Å². The first-order valence-electron chi connectivity index (χ1n) is 3.92. The van der Waals surface area contributed by atoms with Crippen molar-refractivity contribution in [3.05, 3.63) is 29.3 Å². The van der Waals surface area contributed by atoms with E-state index in [0.29, 0.717) is 0 Å². The van der Waals surface area contributed by atoms with Crippen molar-refractivity contribution in [2.24, 2.45) is 0 Å². The molecule has 6 heteroatoms. The molecule has 0 aliphatic heterocycles. The van der Waals surface area contributed by atoms with Crippen LogP contribution in [0.2, 0.25) is 0 Å². The summed E-state index contributed by atoms with van der Waals surface area (Å²) in [5.41, 5.74) is -0.151. The Labute approximate surface area is 85.9 Å². The van der Waals surface area contributed by atoms with E-state index in [-0.39, 0.29) is 12.0 Å². The van der Waals surface area contributed by atoms with Crippen LogP contribution >= 0.6 is 0 Å². The molecule has 1 rings (SSSR count). The summed E-state index contributed by atoms with van der Waals surface area (Å²) in [7, 11) is -3.79. The number of benzene rings is 1. The van der Waals surface area contributed by atoms with Gasteiger partial charge >= 0.3 is 0 Å². The molecule has 0 radical (unpaired) electrons. The van der Waals surface area contributed by atoms with Crippen molar-refractivity contribution in [1.29, 1.82) is 5.26 Å². The van der Waals surface area contributed by atoms with E-state index >= 15 is 0 Å². The van der Waals surface area contributed by atoms with E-state index in [0.717, 1.165) is 18.4 Å². The Morgan fingerprint density at radius 3 is 2.40 bits per heavy atom. The maximum atomic E-state index is 13.2. The summed E-state index contributed by atoms with van der Waals surface area (Å²) >= 11 is 0. The third kappa shape index (κ3) is 2.30. The Morgan fingerprint density at radius 1 is 1.33 bits per heavy atom. The second-order valence-electron chi connectivity index (χ2n) is 2.96. The van der Waals surface area contributed by atoms with Gasteiger partial charge in [0.25, 0.3) is 0 Å². The number of hydrogen-bond donors (Lipinski definition) is 0. The fourth-order valence-corrected chi connectivity index (χ4v) is 1.81. The van der Waals surface area contributed by atoms with Crippen molar-refractivity contribution in [1.82, 2.24) is 0 Å². The van der Waals surface area contributed by atoms with Crippen molar-refractivity contribution in [3.63, 3.8) is 0 Å². The van der Waals surface area contributed by atoms with Crippen LogP contribution in [0, 0.1) is 23.0 Å². The van der Waals surface area contributed by atoms with Crippen LogP contribution in [-0.2, 0) is 16.3 Å². The summed E-state index contributed by atoms with van der Waals surface area (Å²) in [4.78, 5) is -0.693. The summed E-state index contributed by atoms with van der Waals surface area (Å²) in [5, 5.41) is 8.31. The number of hydrogen-bond acceptors (Lipinski definition) is 3. The standard InChI is InChI=1S/C9H7F2NO2S/c1-15(13,14)7-3-2-6(4-5-12)8(10)9(7)11/h2-3H,4H2,1H3. The maximum absolute atomic E-state index is 13.2. The minimum Gasteiger partial charge on any atom is -0.224 e. The molecular formula is C9H7F2NO2S. The fourth-order valence-electron chi connectivity index (χ4n) is 1.08. The Balaban J connectivity index is 3.42. The fraction of sp³-hybridized carbons (Fsp3) is 0.222. The zero-order valence-corrected chi connectivity index (χ0v) is 8.61. The van der Waals surface area contributed by atoms with Gasteiger partial charge in [0.2, 0.25) is 0 Å². The van der Waals surface area contributed by atoms with Gasteiger partial charge in [-0.05, 0) is 6.07 Å². The highest BCUT2D eigenvalue weighted by molar-refractivity contribution is 7.90. The zero-order valence-electron chi connectivity index (χ0n) is 7.79. The van der Waals surface area contributed by atoms with Crippen LogP contribution in [0.15, 0.2) is 17.0 Å². The van der Waals surface area contributed by atoms with E-state index in [1.165, 1.54) is 0 Å². The number of nitriles is 1. The lowest BCUT2D eigenvalue weighted by Crippen LogP contribution is -2.05. The number of sulfone groups is 1. The third-order valence-electron chi connectivity index (χ3n) is 1.80. The molecule has 0 amide bonds. The smallest absolute Gasteiger partial charge is 0.178 e. The number of rotatable bonds is 2. The highest BCUT2D eigenvalue weighted by Gasteiger charge is 2.19. The van der Waals surface area contributed by atoms with E-state index in [1.54, 1.807) is 6.07 Å². The summed E-state index contributed by atoms with van der Waals surface area (Å²) in [6, 6.07) is 3.71. The number of nitrogens with zero attached hydrogens (tertiary/aromatic N) is 1. The molecule has 3 nitrogen and oxygen atoms in total.